The lowest BCUT2D eigenvalue weighted by Gasteiger charge is -2.36. The molecule has 1 aromatic carbocycles. The number of pyridine rings is 1. The van der Waals surface area contributed by atoms with Gasteiger partial charge in [0.1, 0.15) is 0 Å². The average molecular weight is 403 g/mol. The second-order valence-electron chi connectivity index (χ2n) is 5.21. The van der Waals surface area contributed by atoms with Gasteiger partial charge in [-0.2, -0.15) is 0 Å². The van der Waals surface area contributed by atoms with Crippen molar-refractivity contribution in [3.8, 4) is 0 Å². The van der Waals surface area contributed by atoms with Crippen LogP contribution in [0.3, 0.4) is 0 Å². The smallest absolute Gasteiger partial charge is 0.0477 e. The highest BCUT2D eigenvalue weighted by Gasteiger charge is 2.24. The van der Waals surface area contributed by atoms with Gasteiger partial charge in [0.2, 0.25) is 0 Å². The third-order valence-corrected chi connectivity index (χ3v) is 4.84. The summed E-state index contributed by atoms with van der Waals surface area (Å²) in [5.74, 6) is 0. The van der Waals surface area contributed by atoms with Crippen LogP contribution in [0.15, 0.2) is 47.2 Å². The standard InChI is InChI=1S/C16H17BrClN3.ClH/c17-15-2-1-14(18)9-13(15)11-21-8-7-20-10-16(21)12-3-5-19-6-4-12;/h1-6,9,16,20H,7-8,10-11H2;1H. The monoisotopic (exact) mass is 401 g/mol. The van der Waals surface area contributed by atoms with Crippen LogP contribution in [0.5, 0.6) is 0 Å². The summed E-state index contributed by atoms with van der Waals surface area (Å²) in [7, 11) is 0. The molecule has 1 aromatic heterocycles. The Kier molecular flexibility index (Phi) is 6.66. The molecule has 6 heteroatoms. The van der Waals surface area contributed by atoms with Crippen molar-refractivity contribution in [2.24, 2.45) is 0 Å². The van der Waals surface area contributed by atoms with Gasteiger partial charge in [-0.15, -0.1) is 12.4 Å². The van der Waals surface area contributed by atoms with Crippen LogP contribution in [0.25, 0.3) is 0 Å². The Bertz CT molecular complexity index is 610. The highest BCUT2D eigenvalue weighted by Crippen LogP contribution is 2.28. The molecule has 0 saturated carbocycles. The van der Waals surface area contributed by atoms with Crippen LogP contribution >= 0.6 is 39.9 Å². The molecule has 1 N–H and O–H groups in total. The lowest BCUT2D eigenvalue weighted by Crippen LogP contribution is -2.45. The van der Waals surface area contributed by atoms with Gasteiger partial charge in [-0.05, 0) is 41.5 Å². The molecule has 1 aliphatic rings. The van der Waals surface area contributed by atoms with Crippen molar-refractivity contribution in [3.63, 3.8) is 0 Å². The highest BCUT2D eigenvalue weighted by molar-refractivity contribution is 9.10. The van der Waals surface area contributed by atoms with Crippen molar-refractivity contribution in [2.75, 3.05) is 19.6 Å². The van der Waals surface area contributed by atoms with E-state index in [1.807, 2.05) is 30.6 Å². The fraction of sp³-hybridized carbons (Fsp3) is 0.312. The Hall–Kier alpha value is -0.650. The zero-order chi connectivity index (χ0) is 14.7. The van der Waals surface area contributed by atoms with Gasteiger partial charge < -0.3 is 5.32 Å². The predicted octanol–water partition coefficient (Wildman–Crippen LogP) is 4.07. The molecule has 2 aromatic rings. The zero-order valence-corrected chi connectivity index (χ0v) is 15.2. The molecule has 2 heterocycles. The van der Waals surface area contributed by atoms with Crippen molar-refractivity contribution in [1.29, 1.82) is 0 Å². The number of nitrogens with zero attached hydrogens (tertiary/aromatic N) is 2. The molecule has 3 nitrogen and oxygen atoms in total. The third-order valence-electron chi connectivity index (χ3n) is 3.83. The number of nitrogens with one attached hydrogen (secondary N) is 1. The Balaban J connectivity index is 0.00000176. The summed E-state index contributed by atoms with van der Waals surface area (Å²) >= 11 is 9.75. The summed E-state index contributed by atoms with van der Waals surface area (Å²) in [6, 6.07) is 10.5. The minimum Gasteiger partial charge on any atom is -0.314 e. The summed E-state index contributed by atoms with van der Waals surface area (Å²) in [5, 5.41) is 4.26. The van der Waals surface area contributed by atoms with Gasteiger partial charge in [0.25, 0.3) is 0 Å². The maximum absolute atomic E-state index is 6.13. The molecule has 0 radical (unpaired) electrons. The second-order valence-corrected chi connectivity index (χ2v) is 6.50. The molecule has 1 aliphatic heterocycles. The predicted molar refractivity (Wildman–Crippen MR) is 96.7 cm³/mol. The van der Waals surface area contributed by atoms with E-state index in [0.29, 0.717) is 6.04 Å². The van der Waals surface area contributed by atoms with Gasteiger partial charge in [-0.3, -0.25) is 9.88 Å². The SMILES string of the molecule is Cl.Clc1ccc(Br)c(CN2CCNCC2c2ccncc2)c1. The lowest BCUT2D eigenvalue weighted by molar-refractivity contribution is 0.153. The van der Waals surface area contributed by atoms with Gasteiger partial charge in [0.15, 0.2) is 0 Å². The molecular formula is C16H18BrCl2N3. The Morgan fingerprint density at radius 3 is 2.82 bits per heavy atom. The summed E-state index contributed by atoms with van der Waals surface area (Å²) < 4.78 is 1.11. The summed E-state index contributed by atoms with van der Waals surface area (Å²) in [5.41, 5.74) is 2.53. The van der Waals surface area contributed by atoms with Crippen molar-refractivity contribution in [1.82, 2.24) is 15.2 Å². The van der Waals surface area contributed by atoms with E-state index in [1.54, 1.807) is 0 Å². The number of halogens is 3. The van der Waals surface area contributed by atoms with Crippen LogP contribution in [0, 0.1) is 0 Å². The molecule has 3 rings (SSSR count). The first-order valence-corrected chi connectivity index (χ1v) is 8.20. The highest BCUT2D eigenvalue weighted by atomic mass is 79.9. The van der Waals surface area contributed by atoms with Crippen LogP contribution in [0.1, 0.15) is 17.2 Å². The summed E-state index contributed by atoms with van der Waals surface area (Å²) in [4.78, 5) is 6.60. The van der Waals surface area contributed by atoms with Crippen molar-refractivity contribution < 1.29 is 0 Å². The fourth-order valence-electron chi connectivity index (χ4n) is 2.73. The molecule has 1 atom stereocenters. The van der Waals surface area contributed by atoms with E-state index in [-0.39, 0.29) is 12.4 Å². The van der Waals surface area contributed by atoms with E-state index in [0.717, 1.165) is 35.7 Å². The van der Waals surface area contributed by atoms with Gasteiger partial charge in [0, 0.05) is 54.1 Å². The van der Waals surface area contributed by atoms with Crippen LogP contribution in [-0.4, -0.2) is 29.5 Å². The number of benzene rings is 1. The molecule has 0 amide bonds. The van der Waals surface area contributed by atoms with E-state index < -0.39 is 0 Å². The zero-order valence-electron chi connectivity index (χ0n) is 12.0. The Morgan fingerprint density at radius 2 is 2.05 bits per heavy atom. The maximum Gasteiger partial charge on any atom is 0.0477 e. The Morgan fingerprint density at radius 1 is 1.27 bits per heavy atom. The quantitative estimate of drug-likeness (QED) is 0.838. The van der Waals surface area contributed by atoms with Crippen molar-refractivity contribution in [2.45, 2.75) is 12.6 Å². The van der Waals surface area contributed by atoms with Gasteiger partial charge in [-0.25, -0.2) is 0 Å². The molecule has 0 aliphatic carbocycles. The van der Waals surface area contributed by atoms with Gasteiger partial charge >= 0.3 is 0 Å². The molecule has 1 unspecified atom stereocenters. The molecule has 22 heavy (non-hydrogen) atoms. The first-order valence-electron chi connectivity index (χ1n) is 7.02. The van der Waals surface area contributed by atoms with E-state index in [4.69, 9.17) is 11.6 Å². The average Bonchev–Trinajstić information content (AvgIpc) is 2.52. The molecule has 0 bridgehead atoms. The minimum atomic E-state index is 0. The molecule has 118 valence electrons. The number of aromatic nitrogens is 1. The first-order chi connectivity index (χ1) is 10.2. The number of piperazine rings is 1. The Labute approximate surface area is 150 Å². The number of hydrogen-bond donors (Lipinski definition) is 1. The van der Waals surface area contributed by atoms with E-state index in [1.165, 1.54) is 11.1 Å². The summed E-state index contributed by atoms with van der Waals surface area (Å²) in [6.07, 6.45) is 3.72. The molecule has 1 saturated heterocycles. The lowest BCUT2D eigenvalue weighted by atomic mass is 10.0. The number of hydrogen-bond acceptors (Lipinski definition) is 3. The maximum atomic E-state index is 6.13. The van der Waals surface area contributed by atoms with Crippen LogP contribution < -0.4 is 5.32 Å². The van der Waals surface area contributed by atoms with Crippen molar-refractivity contribution in [3.05, 3.63) is 63.3 Å². The van der Waals surface area contributed by atoms with Gasteiger partial charge in [-0.1, -0.05) is 27.5 Å². The van der Waals surface area contributed by atoms with Gasteiger partial charge in [0.05, 0.1) is 0 Å². The van der Waals surface area contributed by atoms with Crippen LogP contribution in [-0.2, 0) is 6.54 Å². The topological polar surface area (TPSA) is 28.2 Å². The van der Waals surface area contributed by atoms with Crippen molar-refractivity contribution >= 4 is 39.9 Å². The largest absolute Gasteiger partial charge is 0.314 e. The second kappa shape index (κ2) is 8.27. The summed E-state index contributed by atoms with van der Waals surface area (Å²) in [6.45, 7) is 3.88. The van der Waals surface area contributed by atoms with E-state index >= 15 is 0 Å². The normalized spacial score (nSPS) is 18.7. The fourth-order valence-corrected chi connectivity index (χ4v) is 3.30. The number of rotatable bonds is 3. The van der Waals surface area contributed by atoms with E-state index in [9.17, 15) is 0 Å². The van der Waals surface area contributed by atoms with E-state index in [2.05, 4.69) is 43.3 Å². The third kappa shape index (κ3) is 4.21. The molecule has 1 fully saturated rings. The first kappa shape index (κ1) is 17.7. The van der Waals surface area contributed by atoms with Crippen LogP contribution in [0.4, 0.5) is 0 Å². The molecular weight excluding hydrogens is 385 g/mol. The van der Waals surface area contributed by atoms with Crippen LogP contribution in [0.2, 0.25) is 5.02 Å². The molecule has 0 spiro atoms. The minimum absolute atomic E-state index is 0.